The lowest BCUT2D eigenvalue weighted by molar-refractivity contribution is 0.415. The molecule has 1 aromatic heterocycles. The molecule has 2 nitrogen and oxygen atoms in total. The summed E-state index contributed by atoms with van der Waals surface area (Å²) in [7, 11) is 1.72. The highest BCUT2D eigenvalue weighted by atomic mass is 16.5. The Labute approximate surface area is 256 Å². The predicted molar refractivity (Wildman–Crippen MR) is 185 cm³/mol. The largest absolute Gasteiger partial charge is 0.497 e. The highest BCUT2D eigenvalue weighted by Gasteiger charge is 2.36. The van der Waals surface area contributed by atoms with Gasteiger partial charge >= 0.3 is 0 Å². The summed E-state index contributed by atoms with van der Waals surface area (Å²) in [5, 5.41) is 7.53. The number of para-hydroxylation sites is 1. The zero-order chi connectivity index (χ0) is 29.6. The monoisotopic (exact) mass is 565 g/mol. The number of rotatable bonds is 3. The summed E-state index contributed by atoms with van der Waals surface area (Å²) >= 11 is 0. The summed E-state index contributed by atoms with van der Waals surface area (Å²) in [5.74, 6) is 0.863. The first-order valence-electron chi connectivity index (χ1n) is 15.3. The zero-order valence-electron chi connectivity index (χ0n) is 25.1. The van der Waals surface area contributed by atoms with Crippen LogP contribution in [0, 0.1) is 0 Å². The molecule has 7 aromatic carbocycles. The molecule has 0 radical (unpaired) electrons. The van der Waals surface area contributed by atoms with E-state index in [1.54, 1.807) is 7.11 Å². The second kappa shape index (κ2) is 9.08. The van der Waals surface area contributed by atoms with Gasteiger partial charge in [0.15, 0.2) is 0 Å². The molecule has 2 heteroatoms. The zero-order valence-corrected chi connectivity index (χ0v) is 25.1. The Morgan fingerprint density at radius 1 is 0.500 bits per heavy atom. The quantitative estimate of drug-likeness (QED) is 0.194. The minimum absolute atomic E-state index is 0.0796. The third-order valence-electron chi connectivity index (χ3n) is 9.88. The van der Waals surface area contributed by atoms with Gasteiger partial charge in [-0.25, -0.2) is 0 Å². The number of fused-ring (bicyclic) bond motifs is 8. The van der Waals surface area contributed by atoms with E-state index in [2.05, 4.69) is 152 Å². The minimum atomic E-state index is -0.0796. The van der Waals surface area contributed by atoms with Crippen LogP contribution in [-0.2, 0) is 5.41 Å². The fraction of sp³-hybridized carbons (Fsp3) is 0.0952. The molecule has 0 unspecified atom stereocenters. The fourth-order valence-electron chi connectivity index (χ4n) is 7.82. The molecule has 44 heavy (non-hydrogen) atoms. The van der Waals surface area contributed by atoms with Crippen molar-refractivity contribution in [3.8, 4) is 33.7 Å². The van der Waals surface area contributed by atoms with Crippen LogP contribution >= 0.6 is 0 Å². The summed E-state index contributed by atoms with van der Waals surface area (Å²) in [4.78, 5) is 0. The van der Waals surface area contributed by atoms with E-state index in [0.29, 0.717) is 0 Å². The van der Waals surface area contributed by atoms with Crippen LogP contribution in [0.15, 0.2) is 133 Å². The van der Waals surface area contributed by atoms with E-state index in [1.807, 2.05) is 0 Å². The maximum atomic E-state index is 5.49. The molecular weight excluding hydrogens is 534 g/mol. The van der Waals surface area contributed by atoms with Gasteiger partial charge in [-0.2, -0.15) is 0 Å². The third-order valence-corrected chi connectivity index (χ3v) is 9.88. The Balaban J connectivity index is 1.45. The van der Waals surface area contributed by atoms with Gasteiger partial charge in [0.25, 0.3) is 0 Å². The Bertz CT molecular complexity index is 2390. The number of hydrogen-bond acceptors (Lipinski definition) is 1. The van der Waals surface area contributed by atoms with Crippen molar-refractivity contribution in [2.75, 3.05) is 7.11 Å². The lowest BCUT2D eigenvalue weighted by Gasteiger charge is -2.22. The molecule has 210 valence electrons. The molecule has 0 N–H and O–H groups in total. The van der Waals surface area contributed by atoms with Crippen LogP contribution in [0.4, 0.5) is 0 Å². The molecule has 9 rings (SSSR count). The number of benzene rings is 7. The van der Waals surface area contributed by atoms with Crippen LogP contribution < -0.4 is 4.74 Å². The average molecular weight is 566 g/mol. The first-order valence-corrected chi connectivity index (χ1v) is 15.3. The maximum absolute atomic E-state index is 5.49. The van der Waals surface area contributed by atoms with Gasteiger partial charge in [-0.15, -0.1) is 0 Å². The van der Waals surface area contributed by atoms with E-state index in [-0.39, 0.29) is 5.41 Å². The standard InChI is InChI=1S/C42H31NO/c1-42(2)36-18-10-8-12-28(36)34-24-35-29-13-9-11-19-38(29)43(39(35)25-37(34)42)41-32-16-6-4-14-30(32)40(31-15-5-7-17-33(31)41)26-20-22-27(44-3)23-21-26/h4-25H,1-3H3. The van der Waals surface area contributed by atoms with Crippen LogP contribution in [0.5, 0.6) is 5.75 Å². The highest BCUT2D eigenvalue weighted by Crippen LogP contribution is 2.52. The molecule has 0 fully saturated rings. The van der Waals surface area contributed by atoms with Gasteiger partial charge in [-0.3, -0.25) is 0 Å². The predicted octanol–water partition coefficient (Wildman–Crippen LogP) is 11.1. The molecule has 1 aliphatic rings. The second-order valence-electron chi connectivity index (χ2n) is 12.5. The summed E-state index contributed by atoms with van der Waals surface area (Å²) in [6.45, 7) is 4.73. The number of hydrogen-bond donors (Lipinski definition) is 0. The third kappa shape index (κ3) is 3.31. The van der Waals surface area contributed by atoms with Gasteiger partial charge in [-0.1, -0.05) is 117 Å². The van der Waals surface area contributed by atoms with E-state index in [9.17, 15) is 0 Å². The second-order valence-corrected chi connectivity index (χ2v) is 12.5. The smallest absolute Gasteiger partial charge is 0.118 e. The Morgan fingerprint density at radius 3 is 1.77 bits per heavy atom. The van der Waals surface area contributed by atoms with Crippen molar-refractivity contribution in [2.24, 2.45) is 0 Å². The Hall–Kier alpha value is -5.34. The SMILES string of the molecule is COc1ccc(-c2c3ccccc3c(-n3c4ccccc4c4cc5c(cc43)C(C)(C)c3ccccc3-5)c3ccccc23)cc1. The average Bonchev–Trinajstić information content (AvgIpc) is 3.51. The van der Waals surface area contributed by atoms with Crippen LogP contribution in [0.1, 0.15) is 25.0 Å². The van der Waals surface area contributed by atoms with Crippen molar-refractivity contribution < 1.29 is 4.74 Å². The van der Waals surface area contributed by atoms with Gasteiger partial charge in [0, 0.05) is 27.0 Å². The minimum Gasteiger partial charge on any atom is -0.497 e. The number of nitrogens with zero attached hydrogens (tertiary/aromatic N) is 1. The summed E-state index contributed by atoms with van der Waals surface area (Å²) in [6.07, 6.45) is 0. The van der Waals surface area contributed by atoms with Crippen molar-refractivity contribution in [2.45, 2.75) is 19.3 Å². The van der Waals surface area contributed by atoms with Gasteiger partial charge in [0.05, 0.1) is 23.8 Å². The van der Waals surface area contributed by atoms with Gasteiger partial charge in [-0.05, 0) is 74.5 Å². The first-order chi connectivity index (χ1) is 21.6. The molecule has 1 heterocycles. The molecule has 0 bridgehead atoms. The first kappa shape index (κ1) is 25.2. The molecule has 0 aliphatic heterocycles. The molecular formula is C42H31NO. The number of aromatic nitrogens is 1. The Kier molecular flexibility index (Phi) is 5.20. The van der Waals surface area contributed by atoms with Crippen LogP contribution in [0.3, 0.4) is 0 Å². The molecule has 1 aliphatic carbocycles. The number of methoxy groups -OCH3 is 1. The topological polar surface area (TPSA) is 14.2 Å². The molecule has 0 spiro atoms. The van der Waals surface area contributed by atoms with E-state index >= 15 is 0 Å². The van der Waals surface area contributed by atoms with Gasteiger partial charge < -0.3 is 9.30 Å². The molecule has 8 aromatic rings. The Morgan fingerprint density at radius 2 is 1.09 bits per heavy atom. The van der Waals surface area contributed by atoms with Crippen molar-refractivity contribution in [1.29, 1.82) is 0 Å². The van der Waals surface area contributed by atoms with E-state index in [0.717, 1.165) is 5.75 Å². The molecule has 0 amide bonds. The van der Waals surface area contributed by atoms with E-state index in [1.165, 1.54) is 82.4 Å². The normalized spacial score (nSPS) is 13.5. The lowest BCUT2D eigenvalue weighted by Crippen LogP contribution is -2.15. The van der Waals surface area contributed by atoms with Crippen molar-refractivity contribution in [1.82, 2.24) is 4.57 Å². The van der Waals surface area contributed by atoms with Crippen LogP contribution in [0.25, 0.3) is 71.3 Å². The number of ether oxygens (including phenoxy) is 1. The van der Waals surface area contributed by atoms with Crippen molar-refractivity contribution >= 4 is 43.4 Å². The van der Waals surface area contributed by atoms with E-state index in [4.69, 9.17) is 4.74 Å². The van der Waals surface area contributed by atoms with Crippen LogP contribution in [-0.4, -0.2) is 11.7 Å². The summed E-state index contributed by atoms with van der Waals surface area (Å²) < 4.78 is 8.03. The van der Waals surface area contributed by atoms with Crippen molar-refractivity contribution in [3.05, 3.63) is 145 Å². The maximum Gasteiger partial charge on any atom is 0.118 e. The lowest BCUT2D eigenvalue weighted by atomic mass is 9.82. The highest BCUT2D eigenvalue weighted by molar-refractivity contribution is 6.21. The summed E-state index contributed by atoms with van der Waals surface area (Å²) in [6, 6.07) is 49.0. The van der Waals surface area contributed by atoms with Gasteiger partial charge in [0.1, 0.15) is 5.75 Å². The molecule has 0 saturated carbocycles. The fourth-order valence-corrected chi connectivity index (χ4v) is 7.82. The summed E-state index contributed by atoms with van der Waals surface area (Å²) in [5.41, 5.74) is 11.6. The van der Waals surface area contributed by atoms with Gasteiger partial charge in [0.2, 0.25) is 0 Å². The molecule has 0 saturated heterocycles. The van der Waals surface area contributed by atoms with E-state index < -0.39 is 0 Å². The van der Waals surface area contributed by atoms with Crippen molar-refractivity contribution in [3.63, 3.8) is 0 Å². The molecule has 0 atom stereocenters. The van der Waals surface area contributed by atoms with Crippen LogP contribution in [0.2, 0.25) is 0 Å².